The molecular weight excluding hydrogens is 215 g/mol. The maximum absolute atomic E-state index is 13.1. The normalized spacial score (nSPS) is 21.3. The molecule has 0 saturated carbocycles. The van der Waals surface area contributed by atoms with Crippen LogP contribution in [-0.4, -0.2) is 18.1 Å². The van der Waals surface area contributed by atoms with Crippen molar-refractivity contribution in [3.8, 4) is 0 Å². The molecule has 1 atom stereocenters. The maximum Gasteiger partial charge on any atom is 0.214 e. The molecule has 17 heavy (non-hydrogen) atoms. The minimum Gasteiger partial charge on any atom is -0.371 e. The predicted octanol–water partition coefficient (Wildman–Crippen LogP) is 3.63. The summed E-state index contributed by atoms with van der Waals surface area (Å²) < 4.78 is 13.1. The Labute approximate surface area is 103 Å². The summed E-state index contributed by atoms with van der Waals surface area (Å²) in [6.45, 7) is 4.35. The summed E-state index contributed by atoms with van der Waals surface area (Å²) in [6, 6.07) is 3.45. The highest BCUT2D eigenvalue weighted by atomic mass is 19.1. The van der Waals surface area contributed by atoms with Crippen LogP contribution < -0.4 is 4.90 Å². The van der Waals surface area contributed by atoms with Gasteiger partial charge in [-0.25, -0.2) is 4.98 Å². The molecule has 2 rings (SSSR count). The topological polar surface area (TPSA) is 16.1 Å². The molecule has 1 unspecified atom stereocenters. The summed E-state index contributed by atoms with van der Waals surface area (Å²) in [5.74, 6) is 0.480. The molecule has 1 aliphatic heterocycles. The van der Waals surface area contributed by atoms with Gasteiger partial charge in [0, 0.05) is 31.0 Å². The largest absolute Gasteiger partial charge is 0.371 e. The van der Waals surface area contributed by atoms with E-state index in [1.54, 1.807) is 12.3 Å². The molecule has 0 spiro atoms. The Bertz CT molecular complexity index is 354. The molecular formula is C14H21FN2. The van der Waals surface area contributed by atoms with Crippen LogP contribution in [0.4, 0.5) is 10.1 Å². The summed E-state index contributed by atoms with van der Waals surface area (Å²) in [6.07, 6.45) is 7.93. The van der Waals surface area contributed by atoms with Gasteiger partial charge in [0.1, 0.15) is 0 Å². The van der Waals surface area contributed by atoms with Gasteiger partial charge >= 0.3 is 0 Å². The van der Waals surface area contributed by atoms with Crippen LogP contribution in [0.2, 0.25) is 0 Å². The average molecular weight is 236 g/mol. The third-order valence-corrected chi connectivity index (χ3v) is 3.62. The Morgan fingerprint density at radius 3 is 3.06 bits per heavy atom. The number of halogens is 1. The van der Waals surface area contributed by atoms with Gasteiger partial charge < -0.3 is 4.90 Å². The first-order chi connectivity index (χ1) is 8.29. The smallest absolute Gasteiger partial charge is 0.214 e. The number of anilines is 1. The van der Waals surface area contributed by atoms with Crippen molar-refractivity contribution >= 4 is 5.69 Å². The summed E-state index contributed by atoms with van der Waals surface area (Å²) in [4.78, 5) is 5.90. The Kier molecular flexibility index (Phi) is 4.35. The van der Waals surface area contributed by atoms with Crippen LogP contribution in [0.3, 0.4) is 0 Å². The zero-order valence-electron chi connectivity index (χ0n) is 10.5. The van der Waals surface area contributed by atoms with Crippen LogP contribution >= 0.6 is 0 Å². The molecule has 0 bridgehead atoms. The van der Waals surface area contributed by atoms with Gasteiger partial charge in [0.2, 0.25) is 5.95 Å². The lowest BCUT2D eigenvalue weighted by Crippen LogP contribution is -2.24. The van der Waals surface area contributed by atoms with Crippen LogP contribution in [-0.2, 0) is 0 Å². The minimum absolute atomic E-state index is 0.378. The van der Waals surface area contributed by atoms with Crippen molar-refractivity contribution in [2.24, 2.45) is 5.92 Å². The van der Waals surface area contributed by atoms with Crippen LogP contribution in [0.25, 0.3) is 0 Å². The Hall–Kier alpha value is -1.12. The summed E-state index contributed by atoms with van der Waals surface area (Å²) in [7, 11) is 0. The minimum atomic E-state index is -0.378. The van der Waals surface area contributed by atoms with Crippen LogP contribution in [0, 0.1) is 11.9 Å². The third-order valence-electron chi connectivity index (χ3n) is 3.62. The summed E-state index contributed by atoms with van der Waals surface area (Å²) in [5.41, 5.74) is 0.981. The zero-order valence-corrected chi connectivity index (χ0v) is 10.5. The number of rotatable bonds is 3. The lowest BCUT2D eigenvalue weighted by molar-refractivity contribution is 0.435. The predicted molar refractivity (Wildman–Crippen MR) is 68.7 cm³/mol. The van der Waals surface area contributed by atoms with E-state index >= 15 is 0 Å². The Balaban J connectivity index is 1.99. The number of hydrogen-bond acceptors (Lipinski definition) is 2. The lowest BCUT2D eigenvalue weighted by Gasteiger charge is -2.22. The van der Waals surface area contributed by atoms with Crippen LogP contribution in [0.5, 0.6) is 0 Å². The quantitative estimate of drug-likeness (QED) is 0.745. The lowest BCUT2D eigenvalue weighted by atomic mass is 9.96. The van der Waals surface area contributed by atoms with Gasteiger partial charge in [0.25, 0.3) is 0 Å². The molecule has 1 aliphatic rings. The number of pyridine rings is 1. The highest BCUT2D eigenvalue weighted by molar-refractivity contribution is 5.44. The van der Waals surface area contributed by atoms with E-state index in [-0.39, 0.29) is 5.95 Å². The summed E-state index contributed by atoms with van der Waals surface area (Å²) >= 11 is 0. The molecule has 1 aromatic rings. The SMILES string of the molecule is CCCC1CCCN(c2ccnc(F)c2)CC1. The van der Waals surface area contributed by atoms with E-state index < -0.39 is 0 Å². The first kappa shape index (κ1) is 12.3. The number of nitrogens with zero attached hydrogens (tertiary/aromatic N) is 2. The number of aromatic nitrogens is 1. The van der Waals surface area contributed by atoms with Gasteiger partial charge in [-0.15, -0.1) is 0 Å². The van der Waals surface area contributed by atoms with E-state index in [0.717, 1.165) is 24.7 Å². The van der Waals surface area contributed by atoms with E-state index in [2.05, 4.69) is 16.8 Å². The highest BCUT2D eigenvalue weighted by Gasteiger charge is 2.16. The summed E-state index contributed by atoms with van der Waals surface area (Å²) in [5, 5.41) is 0. The zero-order chi connectivity index (χ0) is 12.1. The fourth-order valence-corrected chi connectivity index (χ4v) is 2.71. The Morgan fingerprint density at radius 2 is 2.29 bits per heavy atom. The first-order valence-electron chi connectivity index (χ1n) is 6.66. The molecule has 0 aromatic carbocycles. The van der Waals surface area contributed by atoms with E-state index in [1.807, 2.05) is 6.07 Å². The number of hydrogen-bond donors (Lipinski definition) is 0. The third kappa shape index (κ3) is 3.42. The van der Waals surface area contributed by atoms with E-state index in [9.17, 15) is 4.39 Å². The molecule has 0 N–H and O–H groups in total. The highest BCUT2D eigenvalue weighted by Crippen LogP contribution is 2.25. The van der Waals surface area contributed by atoms with Crippen molar-refractivity contribution in [1.29, 1.82) is 0 Å². The first-order valence-corrected chi connectivity index (χ1v) is 6.66. The second kappa shape index (κ2) is 5.99. The monoisotopic (exact) mass is 236 g/mol. The van der Waals surface area contributed by atoms with Gasteiger partial charge in [-0.3, -0.25) is 0 Å². The molecule has 2 nitrogen and oxygen atoms in total. The van der Waals surface area contributed by atoms with Crippen molar-refractivity contribution < 1.29 is 4.39 Å². The van der Waals surface area contributed by atoms with Crippen molar-refractivity contribution in [3.05, 3.63) is 24.3 Å². The van der Waals surface area contributed by atoms with E-state index in [4.69, 9.17) is 0 Å². The Morgan fingerprint density at radius 1 is 1.41 bits per heavy atom. The second-order valence-electron chi connectivity index (χ2n) is 4.91. The van der Waals surface area contributed by atoms with E-state index in [0.29, 0.717) is 0 Å². The maximum atomic E-state index is 13.1. The van der Waals surface area contributed by atoms with E-state index in [1.165, 1.54) is 32.1 Å². The van der Waals surface area contributed by atoms with Gasteiger partial charge in [0.05, 0.1) is 0 Å². The average Bonchev–Trinajstić information content (AvgIpc) is 2.55. The molecule has 0 amide bonds. The molecule has 1 aromatic heterocycles. The van der Waals surface area contributed by atoms with Gasteiger partial charge in [-0.1, -0.05) is 19.8 Å². The molecule has 1 fully saturated rings. The van der Waals surface area contributed by atoms with Crippen molar-refractivity contribution in [1.82, 2.24) is 4.98 Å². The van der Waals surface area contributed by atoms with Crippen molar-refractivity contribution in [3.63, 3.8) is 0 Å². The van der Waals surface area contributed by atoms with Gasteiger partial charge in [0.15, 0.2) is 0 Å². The molecule has 2 heterocycles. The van der Waals surface area contributed by atoms with Crippen molar-refractivity contribution in [2.45, 2.75) is 39.0 Å². The van der Waals surface area contributed by atoms with Crippen LogP contribution in [0.1, 0.15) is 39.0 Å². The fourth-order valence-electron chi connectivity index (χ4n) is 2.71. The van der Waals surface area contributed by atoms with Crippen molar-refractivity contribution in [2.75, 3.05) is 18.0 Å². The van der Waals surface area contributed by atoms with Crippen LogP contribution in [0.15, 0.2) is 18.3 Å². The standard InChI is InChI=1S/C14H21FN2/c1-2-4-12-5-3-9-17(10-7-12)13-6-8-16-14(15)11-13/h6,8,11-12H,2-5,7,9-10H2,1H3. The molecule has 1 saturated heterocycles. The fraction of sp³-hybridized carbons (Fsp3) is 0.643. The molecule has 0 aliphatic carbocycles. The van der Waals surface area contributed by atoms with Gasteiger partial charge in [-0.2, -0.15) is 4.39 Å². The molecule has 0 radical (unpaired) electrons. The van der Waals surface area contributed by atoms with Gasteiger partial charge in [-0.05, 0) is 31.2 Å². The molecule has 94 valence electrons. The second-order valence-corrected chi connectivity index (χ2v) is 4.91. The molecule has 3 heteroatoms.